The molecular formula is C16H18FN3O. The number of aryl methyl sites for hydroxylation is 1. The molecule has 2 aromatic rings. The summed E-state index contributed by atoms with van der Waals surface area (Å²) in [5.74, 6) is 0.560. The topological polar surface area (TPSA) is 38.2 Å². The molecule has 1 aromatic carbocycles. The van der Waals surface area contributed by atoms with E-state index in [0.29, 0.717) is 13.2 Å². The molecule has 0 N–H and O–H groups in total. The van der Waals surface area contributed by atoms with E-state index in [1.54, 1.807) is 0 Å². The maximum absolute atomic E-state index is 13.1. The van der Waals surface area contributed by atoms with E-state index in [-0.39, 0.29) is 11.9 Å². The van der Waals surface area contributed by atoms with E-state index < -0.39 is 0 Å². The highest BCUT2D eigenvalue weighted by Crippen LogP contribution is 2.25. The number of morpholine rings is 1. The summed E-state index contributed by atoms with van der Waals surface area (Å²) in [6, 6.07) is 6.79. The number of halogens is 1. The Labute approximate surface area is 123 Å². The molecule has 3 rings (SSSR count). The lowest BCUT2D eigenvalue weighted by Crippen LogP contribution is -2.39. The Balaban J connectivity index is 1.77. The van der Waals surface area contributed by atoms with Gasteiger partial charge in [-0.3, -0.25) is 4.90 Å². The Kier molecular flexibility index (Phi) is 4.22. The number of hydrogen-bond donors (Lipinski definition) is 0. The number of rotatable bonds is 3. The van der Waals surface area contributed by atoms with Gasteiger partial charge >= 0.3 is 0 Å². The van der Waals surface area contributed by atoms with Gasteiger partial charge in [-0.15, -0.1) is 0 Å². The molecule has 21 heavy (non-hydrogen) atoms. The second-order valence-corrected chi connectivity index (χ2v) is 5.25. The maximum Gasteiger partial charge on any atom is 0.125 e. The molecule has 1 aromatic heterocycles. The summed E-state index contributed by atoms with van der Waals surface area (Å²) >= 11 is 0. The Morgan fingerprint density at radius 2 is 1.95 bits per heavy atom. The predicted octanol–water partition coefficient (Wildman–Crippen LogP) is 2.50. The van der Waals surface area contributed by atoms with E-state index in [1.807, 2.05) is 31.5 Å². The summed E-state index contributed by atoms with van der Waals surface area (Å²) < 4.78 is 18.7. The second kappa shape index (κ2) is 6.28. The van der Waals surface area contributed by atoms with Crippen molar-refractivity contribution >= 4 is 0 Å². The fraction of sp³-hybridized carbons (Fsp3) is 0.375. The highest BCUT2D eigenvalue weighted by atomic mass is 19.1. The number of nitrogens with zero attached hydrogens (tertiary/aromatic N) is 3. The van der Waals surface area contributed by atoms with Crippen LogP contribution in [0.1, 0.15) is 23.0 Å². The normalized spacial score (nSPS) is 19.6. The highest BCUT2D eigenvalue weighted by Gasteiger charge is 2.24. The summed E-state index contributed by atoms with van der Waals surface area (Å²) in [7, 11) is 0. The van der Waals surface area contributed by atoms with Gasteiger partial charge in [0.25, 0.3) is 0 Å². The molecule has 4 nitrogen and oxygen atoms in total. The predicted molar refractivity (Wildman–Crippen MR) is 77.1 cm³/mol. The first-order chi connectivity index (χ1) is 10.2. The van der Waals surface area contributed by atoms with Crippen molar-refractivity contribution in [3.05, 3.63) is 59.4 Å². The molecule has 1 atom stereocenters. The SMILES string of the molecule is Cc1ncc(CN2CCOCC2c2ccc(F)cc2)cn1. The molecule has 5 heteroatoms. The minimum absolute atomic E-state index is 0.139. The second-order valence-electron chi connectivity index (χ2n) is 5.25. The zero-order valence-corrected chi connectivity index (χ0v) is 12.0. The molecule has 0 saturated carbocycles. The molecular weight excluding hydrogens is 269 g/mol. The molecule has 1 unspecified atom stereocenters. The quantitative estimate of drug-likeness (QED) is 0.869. The summed E-state index contributed by atoms with van der Waals surface area (Å²) in [4.78, 5) is 10.8. The van der Waals surface area contributed by atoms with Crippen LogP contribution in [0, 0.1) is 12.7 Å². The fourth-order valence-electron chi connectivity index (χ4n) is 2.55. The fourth-order valence-corrected chi connectivity index (χ4v) is 2.55. The zero-order valence-electron chi connectivity index (χ0n) is 12.0. The van der Waals surface area contributed by atoms with Crippen LogP contribution in [-0.4, -0.2) is 34.6 Å². The molecule has 1 fully saturated rings. The van der Waals surface area contributed by atoms with Crippen LogP contribution in [0.25, 0.3) is 0 Å². The Bertz CT molecular complexity index is 585. The van der Waals surface area contributed by atoms with Crippen molar-refractivity contribution in [1.82, 2.24) is 14.9 Å². The van der Waals surface area contributed by atoms with Gasteiger partial charge in [0.05, 0.1) is 19.3 Å². The van der Waals surface area contributed by atoms with Gasteiger partial charge in [-0.2, -0.15) is 0 Å². The third-order valence-electron chi connectivity index (χ3n) is 3.71. The van der Waals surface area contributed by atoms with E-state index in [9.17, 15) is 4.39 Å². The Hall–Kier alpha value is -1.85. The Morgan fingerprint density at radius 3 is 2.67 bits per heavy atom. The minimum atomic E-state index is -0.214. The van der Waals surface area contributed by atoms with E-state index in [0.717, 1.165) is 30.0 Å². The summed E-state index contributed by atoms with van der Waals surface area (Å²) in [5, 5.41) is 0. The van der Waals surface area contributed by atoms with E-state index in [2.05, 4.69) is 14.9 Å². The van der Waals surface area contributed by atoms with Gasteiger partial charge < -0.3 is 4.74 Å². The van der Waals surface area contributed by atoms with Gasteiger partial charge in [-0.25, -0.2) is 14.4 Å². The summed E-state index contributed by atoms with van der Waals surface area (Å²) in [6.45, 7) is 4.82. The van der Waals surface area contributed by atoms with Gasteiger partial charge in [0.2, 0.25) is 0 Å². The van der Waals surface area contributed by atoms with Crippen molar-refractivity contribution in [1.29, 1.82) is 0 Å². The summed E-state index contributed by atoms with van der Waals surface area (Å²) in [6.07, 6.45) is 3.72. The number of benzene rings is 1. The molecule has 0 spiro atoms. The maximum atomic E-state index is 13.1. The minimum Gasteiger partial charge on any atom is -0.378 e. The molecule has 0 radical (unpaired) electrons. The molecule has 0 aliphatic carbocycles. The van der Waals surface area contributed by atoms with Crippen molar-refractivity contribution in [2.75, 3.05) is 19.8 Å². The van der Waals surface area contributed by atoms with Gasteiger partial charge in [0.15, 0.2) is 0 Å². The van der Waals surface area contributed by atoms with Crippen molar-refractivity contribution in [2.45, 2.75) is 19.5 Å². The Morgan fingerprint density at radius 1 is 1.24 bits per heavy atom. The highest BCUT2D eigenvalue weighted by molar-refractivity contribution is 5.21. The van der Waals surface area contributed by atoms with E-state index >= 15 is 0 Å². The van der Waals surface area contributed by atoms with Gasteiger partial charge in [-0.1, -0.05) is 12.1 Å². The smallest absolute Gasteiger partial charge is 0.125 e. The van der Waals surface area contributed by atoms with E-state index in [4.69, 9.17) is 4.74 Å². The standard InChI is InChI=1S/C16H18FN3O/c1-12-18-8-13(9-19-12)10-20-6-7-21-11-16(20)14-2-4-15(17)5-3-14/h2-5,8-9,16H,6-7,10-11H2,1H3. The lowest BCUT2D eigenvalue weighted by atomic mass is 10.0. The number of ether oxygens (including phenoxy) is 1. The first-order valence-corrected chi connectivity index (χ1v) is 7.07. The zero-order chi connectivity index (χ0) is 14.7. The number of hydrogen-bond acceptors (Lipinski definition) is 4. The van der Waals surface area contributed by atoms with Crippen LogP contribution in [-0.2, 0) is 11.3 Å². The van der Waals surface area contributed by atoms with Crippen molar-refractivity contribution in [3.8, 4) is 0 Å². The van der Waals surface area contributed by atoms with Crippen LogP contribution in [0.4, 0.5) is 4.39 Å². The van der Waals surface area contributed by atoms with Gasteiger partial charge in [-0.05, 0) is 24.6 Å². The molecule has 1 saturated heterocycles. The van der Waals surface area contributed by atoms with Crippen LogP contribution in [0.2, 0.25) is 0 Å². The molecule has 0 bridgehead atoms. The lowest BCUT2D eigenvalue weighted by Gasteiger charge is -2.35. The van der Waals surface area contributed by atoms with Crippen molar-refractivity contribution < 1.29 is 9.13 Å². The monoisotopic (exact) mass is 287 g/mol. The molecule has 1 aliphatic heterocycles. The van der Waals surface area contributed by atoms with Crippen LogP contribution in [0.5, 0.6) is 0 Å². The molecule has 1 aliphatic rings. The number of aromatic nitrogens is 2. The van der Waals surface area contributed by atoms with Gasteiger partial charge in [0.1, 0.15) is 11.6 Å². The van der Waals surface area contributed by atoms with Crippen LogP contribution in [0.15, 0.2) is 36.7 Å². The van der Waals surface area contributed by atoms with Crippen LogP contribution >= 0.6 is 0 Å². The third kappa shape index (κ3) is 3.43. The van der Waals surface area contributed by atoms with Gasteiger partial charge in [0, 0.05) is 31.0 Å². The molecule has 110 valence electrons. The molecule has 2 heterocycles. The van der Waals surface area contributed by atoms with Crippen molar-refractivity contribution in [2.24, 2.45) is 0 Å². The van der Waals surface area contributed by atoms with Crippen LogP contribution < -0.4 is 0 Å². The van der Waals surface area contributed by atoms with Crippen LogP contribution in [0.3, 0.4) is 0 Å². The molecule has 0 amide bonds. The van der Waals surface area contributed by atoms with E-state index in [1.165, 1.54) is 12.1 Å². The third-order valence-corrected chi connectivity index (χ3v) is 3.71. The van der Waals surface area contributed by atoms with Crippen molar-refractivity contribution in [3.63, 3.8) is 0 Å². The summed E-state index contributed by atoms with van der Waals surface area (Å²) in [5.41, 5.74) is 2.15. The lowest BCUT2D eigenvalue weighted by molar-refractivity contribution is -0.0128. The average Bonchev–Trinajstić information content (AvgIpc) is 2.51. The average molecular weight is 287 g/mol. The first-order valence-electron chi connectivity index (χ1n) is 7.07. The first kappa shape index (κ1) is 14.1. The largest absolute Gasteiger partial charge is 0.378 e.